The molecular weight excluding hydrogens is 352 g/mol. The van der Waals surface area contributed by atoms with Crippen LogP contribution < -0.4 is 5.73 Å². The van der Waals surface area contributed by atoms with Crippen LogP contribution in [0.2, 0.25) is 20.1 Å². The van der Waals surface area contributed by atoms with Crippen molar-refractivity contribution in [1.29, 1.82) is 0 Å². The minimum atomic E-state index is -0.960. The van der Waals surface area contributed by atoms with Gasteiger partial charge >= 0.3 is 0 Å². The summed E-state index contributed by atoms with van der Waals surface area (Å²) in [6, 6.07) is 10.2. The second-order valence-corrected chi connectivity index (χ2v) is 6.16. The van der Waals surface area contributed by atoms with Crippen molar-refractivity contribution in [1.82, 2.24) is 0 Å². The normalized spacial score (nSPS) is 14.0. The molecule has 0 aromatic heterocycles. The van der Waals surface area contributed by atoms with Gasteiger partial charge in [0.25, 0.3) is 0 Å². The SMILES string of the molecule is NCC(c1c(Cl)cccc1Cl)C(O)c1cccc(Cl)c1Cl. The fraction of sp³-hybridized carbons (Fsp3) is 0.200. The van der Waals surface area contributed by atoms with Gasteiger partial charge in [0.15, 0.2) is 0 Å². The second-order valence-electron chi connectivity index (χ2n) is 4.57. The summed E-state index contributed by atoms with van der Waals surface area (Å²) in [5.74, 6) is -0.484. The van der Waals surface area contributed by atoms with Gasteiger partial charge in [-0.1, -0.05) is 64.6 Å². The number of hydrogen-bond acceptors (Lipinski definition) is 2. The highest BCUT2D eigenvalue weighted by atomic mass is 35.5. The Kier molecular flexibility index (Phi) is 5.78. The first-order chi connectivity index (χ1) is 9.97. The van der Waals surface area contributed by atoms with Gasteiger partial charge in [0, 0.05) is 28.1 Å². The summed E-state index contributed by atoms with van der Waals surface area (Å²) >= 11 is 24.5. The zero-order valence-corrected chi connectivity index (χ0v) is 13.9. The zero-order chi connectivity index (χ0) is 15.6. The molecule has 2 nitrogen and oxygen atoms in total. The molecular formula is C15H13Cl4NO. The van der Waals surface area contributed by atoms with E-state index in [0.29, 0.717) is 31.2 Å². The number of aliphatic hydroxyl groups excluding tert-OH is 1. The molecule has 0 saturated carbocycles. The van der Waals surface area contributed by atoms with Crippen LogP contribution >= 0.6 is 46.4 Å². The number of rotatable bonds is 4. The molecule has 0 aliphatic rings. The van der Waals surface area contributed by atoms with Gasteiger partial charge < -0.3 is 10.8 Å². The summed E-state index contributed by atoms with van der Waals surface area (Å²) in [5.41, 5.74) is 6.92. The van der Waals surface area contributed by atoms with Gasteiger partial charge in [-0.15, -0.1) is 0 Å². The molecule has 0 heterocycles. The maximum absolute atomic E-state index is 10.6. The molecule has 0 saturated heterocycles. The average Bonchev–Trinajstić information content (AvgIpc) is 2.45. The van der Waals surface area contributed by atoms with Crippen molar-refractivity contribution in [2.24, 2.45) is 5.73 Å². The third-order valence-electron chi connectivity index (χ3n) is 3.31. The van der Waals surface area contributed by atoms with Crippen LogP contribution in [-0.2, 0) is 0 Å². The molecule has 2 unspecified atom stereocenters. The summed E-state index contributed by atoms with van der Waals surface area (Å²) in [4.78, 5) is 0. The molecule has 0 amide bonds. The first kappa shape index (κ1) is 16.9. The number of hydrogen-bond donors (Lipinski definition) is 2. The van der Waals surface area contributed by atoms with E-state index in [4.69, 9.17) is 52.1 Å². The van der Waals surface area contributed by atoms with Crippen LogP contribution in [0.25, 0.3) is 0 Å². The van der Waals surface area contributed by atoms with E-state index in [9.17, 15) is 5.11 Å². The molecule has 2 aromatic carbocycles. The average molecular weight is 365 g/mol. The van der Waals surface area contributed by atoms with Crippen molar-refractivity contribution in [2.45, 2.75) is 12.0 Å². The minimum Gasteiger partial charge on any atom is -0.388 e. The van der Waals surface area contributed by atoms with E-state index >= 15 is 0 Å². The number of halogens is 4. The fourth-order valence-electron chi connectivity index (χ4n) is 2.24. The van der Waals surface area contributed by atoms with Crippen molar-refractivity contribution in [3.63, 3.8) is 0 Å². The number of nitrogens with two attached hydrogens (primary N) is 1. The van der Waals surface area contributed by atoms with Gasteiger partial charge in [0.2, 0.25) is 0 Å². The Hall–Kier alpha value is -0.480. The molecule has 2 rings (SSSR count). The first-order valence-corrected chi connectivity index (χ1v) is 7.74. The Morgan fingerprint density at radius 2 is 1.43 bits per heavy atom. The van der Waals surface area contributed by atoms with Gasteiger partial charge in [0.05, 0.1) is 16.1 Å². The van der Waals surface area contributed by atoms with Crippen LogP contribution in [0.5, 0.6) is 0 Å². The first-order valence-electron chi connectivity index (χ1n) is 6.23. The molecule has 0 fully saturated rings. The summed E-state index contributed by atoms with van der Waals surface area (Å²) in [6.45, 7) is 0.160. The Morgan fingerprint density at radius 1 is 0.905 bits per heavy atom. The molecule has 0 bridgehead atoms. The Bertz CT molecular complexity index is 627. The molecule has 2 aromatic rings. The maximum atomic E-state index is 10.6. The monoisotopic (exact) mass is 363 g/mol. The molecule has 6 heteroatoms. The van der Waals surface area contributed by atoms with E-state index < -0.39 is 12.0 Å². The predicted molar refractivity (Wildman–Crippen MR) is 89.7 cm³/mol. The predicted octanol–water partition coefficient (Wildman–Crippen LogP) is 5.08. The molecule has 0 aliphatic carbocycles. The summed E-state index contributed by atoms with van der Waals surface area (Å²) in [6.07, 6.45) is -0.960. The molecule has 3 N–H and O–H groups in total. The molecule has 21 heavy (non-hydrogen) atoms. The smallest absolute Gasteiger partial charge is 0.0886 e. The quantitative estimate of drug-likeness (QED) is 0.794. The highest BCUT2D eigenvalue weighted by Crippen LogP contribution is 2.41. The topological polar surface area (TPSA) is 46.2 Å². The van der Waals surface area contributed by atoms with Crippen molar-refractivity contribution in [3.8, 4) is 0 Å². The van der Waals surface area contributed by atoms with Crippen molar-refractivity contribution < 1.29 is 5.11 Å². The lowest BCUT2D eigenvalue weighted by Gasteiger charge is -2.25. The van der Waals surface area contributed by atoms with E-state index in [2.05, 4.69) is 0 Å². The van der Waals surface area contributed by atoms with E-state index in [1.807, 2.05) is 0 Å². The van der Waals surface area contributed by atoms with Crippen LogP contribution in [0.3, 0.4) is 0 Å². The van der Waals surface area contributed by atoms with E-state index in [-0.39, 0.29) is 6.54 Å². The minimum absolute atomic E-state index is 0.160. The van der Waals surface area contributed by atoms with Gasteiger partial charge in [0.1, 0.15) is 0 Å². The zero-order valence-electron chi connectivity index (χ0n) is 10.9. The van der Waals surface area contributed by atoms with Gasteiger partial charge in [-0.25, -0.2) is 0 Å². The lowest BCUT2D eigenvalue weighted by molar-refractivity contribution is 0.147. The number of benzene rings is 2. The van der Waals surface area contributed by atoms with Crippen molar-refractivity contribution in [3.05, 3.63) is 67.6 Å². The summed E-state index contributed by atoms with van der Waals surface area (Å²) in [5, 5.41) is 12.2. The lowest BCUT2D eigenvalue weighted by atomic mass is 9.89. The van der Waals surface area contributed by atoms with Crippen LogP contribution in [0.15, 0.2) is 36.4 Å². The van der Waals surface area contributed by atoms with Crippen LogP contribution in [0.1, 0.15) is 23.1 Å². The number of aliphatic hydroxyl groups is 1. The van der Waals surface area contributed by atoms with Crippen LogP contribution in [-0.4, -0.2) is 11.7 Å². The Morgan fingerprint density at radius 3 is 2.00 bits per heavy atom. The van der Waals surface area contributed by atoms with Crippen molar-refractivity contribution in [2.75, 3.05) is 6.54 Å². The second kappa shape index (κ2) is 7.19. The van der Waals surface area contributed by atoms with Crippen LogP contribution in [0.4, 0.5) is 0 Å². The molecule has 2 atom stereocenters. The van der Waals surface area contributed by atoms with Crippen LogP contribution in [0, 0.1) is 0 Å². The van der Waals surface area contributed by atoms with Gasteiger partial charge in [-0.05, 0) is 23.8 Å². The lowest BCUT2D eigenvalue weighted by Crippen LogP contribution is -2.21. The highest BCUT2D eigenvalue weighted by molar-refractivity contribution is 6.42. The van der Waals surface area contributed by atoms with Crippen molar-refractivity contribution >= 4 is 46.4 Å². The third-order valence-corrected chi connectivity index (χ3v) is 4.80. The Labute approximate surface area is 143 Å². The fourth-order valence-corrected chi connectivity index (χ4v) is 3.33. The maximum Gasteiger partial charge on any atom is 0.0886 e. The molecule has 0 aliphatic heterocycles. The standard InChI is InChI=1S/C15H13Cl4NO/c16-10-4-2-5-11(17)13(10)9(7-20)15(21)8-3-1-6-12(18)14(8)19/h1-6,9,15,21H,7,20H2. The molecule has 112 valence electrons. The van der Waals surface area contributed by atoms with Gasteiger partial charge in [-0.2, -0.15) is 0 Å². The molecule has 0 spiro atoms. The van der Waals surface area contributed by atoms with E-state index in [1.54, 1.807) is 36.4 Å². The van der Waals surface area contributed by atoms with E-state index in [1.165, 1.54) is 0 Å². The largest absolute Gasteiger partial charge is 0.388 e. The highest BCUT2D eigenvalue weighted by Gasteiger charge is 2.27. The Balaban J connectivity index is 2.48. The third kappa shape index (κ3) is 3.48. The summed E-state index contributed by atoms with van der Waals surface area (Å²) in [7, 11) is 0. The van der Waals surface area contributed by atoms with E-state index in [0.717, 1.165) is 0 Å². The summed E-state index contributed by atoms with van der Waals surface area (Å²) < 4.78 is 0. The van der Waals surface area contributed by atoms with Gasteiger partial charge in [-0.3, -0.25) is 0 Å². The molecule has 0 radical (unpaired) electrons.